The van der Waals surface area contributed by atoms with E-state index in [-0.39, 0.29) is 5.56 Å². The number of rotatable bonds is 6. The number of aliphatic carboxylic acids is 1. The van der Waals surface area contributed by atoms with Crippen molar-refractivity contribution in [2.45, 2.75) is 26.3 Å². The predicted octanol–water partition coefficient (Wildman–Crippen LogP) is 2.73. The summed E-state index contributed by atoms with van der Waals surface area (Å²) in [5.74, 6) is -2.68. The number of hydrogen-bond acceptors (Lipinski definition) is 2. The summed E-state index contributed by atoms with van der Waals surface area (Å²) in [5, 5.41) is 11.9. The molecule has 100 valence electrons. The minimum absolute atomic E-state index is 0.213. The van der Waals surface area contributed by atoms with Crippen molar-refractivity contribution in [2.24, 2.45) is 5.92 Å². The summed E-state index contributed by atoms with van der Waals surface area (Å²) in [6.45, 7) is 4.55. The molecule has 0 spiro atoms. The molecule has 1 aromatic carbocycles. The molecule has 0 amide bonds. The highest BCUT2D eigenvalue weighted by molar-refractivity contribution is 5.75. The van der Waals surface area contributed by atoms with E-state index < -0.39 is 23.6 Å². The van der Waals surface area contributed by atoms with Gasteiger partial charge in [0.25, 0.3) is 0 Å². The highest BCUT2D eigenvalue weighted by atomic mass is 19.2. The molecule has 0 aliphatic rings. The van der Waals surface area contributed by atoms with Gasteiger partial charge in [-0.25, -0.2) is 8.78 Å². The first kappa shape index (κ1) is 14.6. The molecule has 0 heterocycles. The molecule has 1 atom stereocenters. The smallest absolute Gasteiger partial charge is 0.325 e. The molecule has 0 aliphatic carbocycles. The van der Waals surface area contributed by atoms with Crippen molar-refractivity contribution in [1.29, 1.82) is 0 Å². The van der Waals surface area contributed by atoms with Crippen LogP contribution in [0.25, 0.3) is 0 Å². The molecule has 1 rings (SSSR count). The van der Waals surface area contributed by atoms with Gasteiger partial charge in [-0.05, 0) is 36.6 Å². The Morgan fingerprint density at radius 1 is 1.33 bits per heavy atom. The van der Waals surface area contributed by atoms with Crippen LogP contribution in [0.1, 0.15) is 31.9 Å². The van der Waals surface area contributed by atoms with E-state index in [0.29, 0.717) is 12.5 Å². The van der Waals surface area contributed by atoms with E-state index in [2.05, 4.69) is 5.32 Å². The van der Waals surface area contributed by atoms with Crippen LogP contribution < -0.4 is 5.32 Å². The highest BCUT2D eigenvalue weighted by Crippen LogP contribution is 2.17. The van der Waals surface area contributed by atoms with Crippen LogP contribution in [-0.2, 0) is 4.79 Å². The Hall–Kier alpha value is -1.49. The molecule has 0 aromatic heterocycles. The third-order valence-corrected chi connectivity index (χ3v) is 2.59. The predicted molar refractivity (Wildman–Crippen MR) is 64.2 cm³/mol. The topological polar surface area (TPSA) is 49.3 Å². The van der Waals surface area contributed by atoms with Gasteiger partial charge in [-0.3, -0.25) is 4.79 Å². The van der Waals surface area contributed by atoms with E-state index in [0.717, 1.165) is 18.6 Å². The number of carboxylic acid groups (broad SMARTS) is 1. The fourth-order valence-corrected chi connectivity index (χ4v) is 1.56. The number of carboxylic acids is 1. The average Bonchev–Trinajstić information content (AvgIpc) is 2.27. The van der Waals surface area contributed by atoms with Gasteiger partial charge in [-0.2, -0.15) is 0 Å². The quantitative estimate of drug-likeness (QED) is 0.823. The molecule has 0 bridgehead atoms. The van der Waals surface area contributed by atoms with E-state index in [1.165, 1.54) is 6.07 Å². The van der Waals surface area contributed by atoms with Gasteiger partial charge in [0.15, 0.2) is 11.6 Å². The minimum atomic E-state index is -1.11. The number of carbonyl (C=O) groups is 1. The normalized spacial score (nSPS) is 12.7. The number of benzene rings is 1. The Balaban J connectivity index is 2.78. The van der Waals surface area contributed by atoms with Gasteiger partial charge in [0.05, 0.1) is 0 Å². The summed E-state index contributed by atoms with van der Waals surface area (Å²) >= 11 is 0. The first-order chi connectivity index (χ1) is 8.41. The monoisotopic (exact) mass is 257 g/mol. The van der Waals surface area contributed by atoms with Gasteiger partial charge in [-0.15, -0.1) is 0 Å². The molecule has 1 aromatic rings. The summed E-state index contributed by atoms with van der Waals surface area (Å²) in [6, 6.07) is 2.11. The molecule has 2 N–H and O–H groups in total. The molecule has 1 unspecified atom stereocenters. The van der Waals surface area contributed by atoms with E-state index in [1.54, 1.807) is 0 Å². The van der Waals surface area contributed by atoms with Crippen molar-refractivity contribution < 1.29 is 18.7 Å². The molecule has 0 radical (unpaired) electrons. The van der Waals surface area contributed by atoms with Gasteiger partial charge >= 0.3 is 5.97 Å². The van der Waals surface area contributed by atoms with Crippen molar-refractivity contribution in [1.82, 2.24) is 5.32 Å². The maximum atomic E-state index is 13.1. The van der Waals surface area contributed by atoms with E-state index in [4.69, 9.17) is 5.11 Å². The van der Waals surface area contributed by atoms with E-state index in [9.17, 15) is 13.6 Å². The summed E-state index contributed by atoms with van der Waals surface area (Å²) in [4.78, 5) is 11.1. The Morgan fingerprint density at radius 2 is 2.00 bits per heavy atom. The van der Waals surface area contributed by atoms with Gasteiger partial charge in [0.1, 0.15) is 6.04 Å². The van der Waals surface area contributed by atoms with E-state index >= 15 is 0 Å². The maximum absolute atomic E-state index is 13.1. The zero-order chi connectivity index (χ0) is 13.7. The molecular weight excluding hydrogens is 240 g/mol. The molecule has 0 fully saturated rings. The number of halogens is 2. The van der Waals surface area contributed by atoms with Crippen molar-refractivity contribution in [3.05, 3.63) is 35.4 Å². The molecule has 0 saturated heterocycles. The van der Waals surface area contributed by atoms with Gasteiger partial charge in [0, 0.05) is 0 Å². The molecule has 3 nitrogen and oxygen atoms in total. The molecular formula is C13H17F2NO2. The van der Waals surface area contributed by atoms with Crippen LogP contribution >= 0.6 is 0 Å². The Labute approximate surface area is 105 Å². The first-order valence-corrected chi connectivity index (χ1v) is 5.83. The second-order valence-electron chi connectivity index (χ2n) is 4.58. The highest BCUT2D eigenvalue weighted by Gasteiger charge is 2.20. The average molecular weight is 257 g/mol. The van der Waals surface area contributed by atoms with Crippen molar-refractivity contribution in [2.75, 3.05) is 6.54 Å². The van der Waals surface area contributed by atoms with Crippen LogP contribution in [0.15, 0.2) is 18.2 Å². The molecule has 5 heteroatoms. The SMILES string of the molecule is CC(C)CCNC(C(=O)O)c1ccc(F)c(F)c1. The van der Waals surface area contributed by atoms with Crippen LogP contribution in [0.4, 0.5) is 8.78 Å². The molecule has 0 saturated carbocycles. The van der Waals surface area contributed by atoms with Crippen LogP contribution in [0, 0.1) is 17.6 Å². The molecule has 18 heavy (non-hydrogen) atoms. The Morgan fingerprint density at radius 3 is 2.50 bits per heavy atom. The lowest BCUT2D eigenvalue weighted by atomic mass is 10.1. The van der Waals surface area contributed by atoms with Gasteiger partial charge in [-0.1, -0.05) is 19.9 Å². The van der Waals surface area contributed by atoms with Crippen LogP contribution in [0.5, 0.6) is 0 Å². The van der Waals surface area contributed by atoms with Crippen LogP contribution in [0.3, 0.4) is 0 Å². The first-order valence-electron chi connectivity index (χ1n) is 5.83. The van der Waals surface area contributed by atoms with Crippen molar-refractivity contribution in [3.63, 3.8) is 0 Å². The fourth-order valence-electron chi connectivity index (χ4n) is 1.56. The standard InChI is InChI=1S/C13H17F2NO2/c1-8(2)5-6-16-12(13(17)18)9-3-4-10(14)11(15)7-9/h3-4,7-8,12,16H,5-6H2,1-2H3,(H,17,18). The fraction of sp³-hybridized carbons (Fsp3) is 0.462. The summed E-state index contributed by atoms with van der Waals surface area (Å²) < 4.78 is 25.8. The summed E-state index contributed by atoms with van der Waals surface area (Å²) in [6.07, 6.45) is 0.813. The minimum Gasteiger partial charge on any atom is -0.480 e. The lowest BCUT2D eigenvalue weighted by Gasteiger charge is -2.15. The van der Waals surface area contributed by atoms with Crippen molar-refractivity contribution >= 4 is 5.97 Å². The van der Waals surface area contributed by atoms with Crippen molar-refractivity contribution in [3.8, 4) is 0 Å². The van der Waals surface area contributed by atoms with Crippen LogP contribution in [-0.4, -0.2) is 17.6 Å². The lowest BCUT2D eigenvalue weighted by molar-refractivity contribution is -0.139. The zero-order valence-corrected chi connectivity index (χ0v) is 10.4. The largest absolute Gasteiger partial charge is 0.480 e. The van der Waals surface area contributed by atoms with Crippen LogP contribution in [0.2, 0.25) is 0 Å². The van der Waals surface area contributed by atoms with Gasteiger partial charge in [0.2, 0.25) is 0 Å². The number of hydrogen-bond donors (Lipinski definition) is 2. The van der Waals surface area contributed by atoms with Gasteiger partial charge < -0.3 is 10.4 Å². The zero-order valence-electron chi connectivity index (χ0n) is 10.4. The third-order valence-electron chi connectivity index (χ3n) is 2.59. The molecule has 0 aliphatic heterocycles. The number of nitrogens with one attached hydrogen (secondary N) is 1. The van der Waals surface area contributed by atoms with E-state index in [1.807, 2.05) is 13.8 Å². The Kier molecular flexibility index (Phi) is 5.22. The second-order valence-corrected chi connectivity index (χ2v) is 4.58. The second kappa shape index (κ2) is 6.44. The summed E-state index contributed by atoms with van der Waals surface area (Å²) in [7, 11) is 0. The third kappa shape index (κ3) is 4.07. The summed E-state index contributed by atoms with van der Waals surface area (Å²) in [5.41, 5.74) is 0.213. The maximum Gasteiger partial charge on any atom is 0.325 e. The Bertz CT molecular complexity index is 421. The lowest BCUT2D eigenvalue weighted by Crippen LogP contribution is -2.30.